The molecule has 0 bridgehead atoms. The van der Waals surface area contributed by atoms with Crippen molar-refractivity contribution in [3.63, 3.8) is 0 Å². The predicted octanol–water partition coefficient (Wildman–Crippen LogP) is 2.12. The zero-order valence-corrected chi connectivity index (χ0v) is 11.6. The Labute approximate surface area is 123 Å². The van der Waals surface area contributed by atoms with E-state index in [4.69, 9.17) is 15.6 Å². The van der Waals surface area contributed by atoms with Crippen LogP contribution in [0, 0.1) is 0 Å². The van der Waals surface area contributed by atoms with Gasteiger partial charge in [-0.25, -0.2) is 0 Å². The van der Waals surface area contributed by atoms with Crippen LogP contribution >= 0.6 is 0 Å². The molecule has 21 heavy (non-hydrogen) atoms. The average Bonchev–Trinajstić information content (AvgIpc) is 2.89. The van der Waals surface area contributed by atoms with Crippen molar-refractivity contribution in [3.8, 4) is 11.1 Å². The summed E-state index contributed by atoms with van der Waals surface area (Å²) in [5.74, 6) is 0. The number of anilines is 1. The fourth-order valence-electron chi connectivity index (χ4n) is 2.67. The number of nitrogens with two attached hydrogens (primary N) is 1. The van der Waals surface area contributed by atoms with E-state index in [1.807, 2.05) is 48.5 Å². The highest BCUT2D eigenvalue weighted by atomic mass is 16.5. The van der Waals surface area contributed by atoms with E-state index < -0.39 is 12.2 Å². The fraction of sp³-hybridized carbons (Fsp3) is 0.294. The third kappa shape index (κ3) is 2.93. The summed E-state index contributed by atoms with van der Waals surface area (Å²) in [6.07, 6.45) is -0.715. The summed E-state index contributed by atoms with van der Waals surface area (Å²) in [6, 6.07) is 15.8. The molecule has 0 saturated carbocycles. The number of benzene rings is 2. The van der Waals surface area contributed by atoms with Crippen molar-refractivity contribution in [2.24, 2.45) is 0 Å². The van der Waals surface area contributed by atoms with Crippen molar-refractivity contribution in [2.75, 3.05) is 12.3 Å². The minimum absolute atomic E-state index is 0.152. The first-order valence-electron chi connectivity index (χ1n) is 7.07. The maximum atomic E-state index is 9.78. The third-order valence-corrected chi connectivity index (χ3v) is 3.93. The Hall–Kier alpha value is -1.88. The third-order valence-electron chi connectivity index (χ3n) is 3.93. The van der Waals surface area contributed by atoms with Gasteiger partial charge >= 0.3 is 0 Å². The zero-order valence-electron chi connectivity index (χ0n) is 11.6. The smallest absolute Gasteiger partial charge is 0.107 e. The highest BCUT2D eigenvalue weighted by Crippen LogP contribution is 2.33. The molecule has 1 aliphatic rings. The number of nitrogen functional groups attached to an aromatic ring is 1. The van der Waals surface area contributed by atoms with Crippen LogP contribution in [0.1, 0.15) is 18.1 Å². The van der Waals surface area contributed by atoms with Crippen LogP contribution in [0.5, 0.6) is 0 Å². The minimum Gasteiger partial charge on any atom is -0.399 e. The number of rotatable bonds is 3. The van der Waals surface area contributed by atoms with Gasteiger partial charge in [-0.15, -0.1) is 0 Å². The normalized spacial score (nSPS) is 25.1. The molecule has 1 fully saturated rings. The van der Waals surface area contributed by atoms with Crippen molar-refractivity contribution in [3.05, 3.63) is 54.1 Å². The molecule has 2 aromatic carbocycles. The average molecular weight is 285 g/mol. The van der Waals surface area contributed by atoms with Gasteiger partial charge in [0.05, 0.1) is 18.8 Å². The molecule has 0 unspecified atom stereocenters. The molecule has 3 atom stereocenters. The molecular formula is C17H19NO3. The maximum Gasteiger partial charge on any atom is 0.107 e. The van der Waals surface area contributed by atoms with Crippen molar-refractivity contribution < 1.29 is 14.9 Å². The van der Waals surface area contributed by atoms with Crippen molar-refractivity contribution in [2.45, 2.75) is 24.7 Å². The Bertz CT molecular complexity index is 594. The summed E-state index contributed by atoms with van der Waals surface area (Å²) < 4.78 is 5.65. The molecule has 3 rings (SSSR count). The van der Waals surface area contributed by atoms with Gasteiger partial charge in [0.1, 0.15) is 6.10 Å². The van der Waals surface area contributed by atoms with Crippen molar-refractivity contribution >= 4 is 5.69 Å². The van der Waals surface area contributed by atoms with E-state index in [1.165, 1.54) is 0 Å². The highest BCUT2D eigenvalue weighted by Gasteiger charge is 2.34. The number of aliphatic hydroxyl groups is 2. The van der Waals surface area contributed by atoms with Gasteiger partial charge in [0.25, 0.3) is 0 Å². The molecule has 1 heterocycles. The van der Waals surface area contributed by atoms with Crippen LogP contribution in [-0.2, 0) is 4.74 Å². The van der Waals surface area contributed by atoms with Gasteiger partial charge < -0.3 is 20.7 Å². The highest BCUT2D eigenvalue weighted by molar-refractivity contribution is 5.65. The second kappa shape index (κ2) is 5.85. The van der Waals surface area contributed by atoms with E-state index in [1.54, 1.807) is 0 Å². The van der Waals surface area contributed by atoms with Gasteiger partial charge in [-0.2, -0.15) is 0 Å². The lowest BCUT2D eigenvalue weighted by atomic mass is 10.00. The van der Waals surface area contributed by atoms with Crippen LogP contribution in [0.2, 0.25) is 0 Å². The van der Waals surface area contributed by atoms with E-state index >= 15 is 0 Å². The SMILES string of the molecule is Nc1ccc(-c2ccc([C@H]3C[C@H](O)[C@@H](CO)O3)cc2)cc1. The van der Waals surface area contributed by atoms with E-state index in [0.29, 0.717) is 6.42 Å². The van der Waals surface area contributed by atoms with Gasteiger partial charge in [-0.05, 0) is 28.8 Å². The molecule has 0 spiro atoms. The number of aliphatic hydroxyl groups excluding tert-OH is 2. The largest absolute Gasteiger partial charge is 0.399 e. The summed E-state index contributed by atoms with van der Waals surface area (Å²) in [6.45, 7) is -0.152. The first kappa shape index (κ1) is 14.1. The topological polar surface area (TPSA) is 75.7 Å². The lowest BCUT2D eigenvalue weighted by Crippen LogP contribution is -2.24. The van der Waals surface area contributed by atoms with Crippen LogP contribution < -0.4 is 5.73 Å². The van der Waals surface area contributed by atoms with Crippen LogP contribution in [0.15, 0.2) is 48.5 Å². The lowest BCUT2D eigenvalue weighted by molar-refractivity contribution is -0.0225. The first-order valence-corrected chi connectivity index (χ1v) is 7.07. The Morgan fingerprint density at radius 3 is 2.10 bits per heavy atom. The van der Waals surface area contributed by atoms with E-state index in [-0.39, 0.29) is 12.7 Å². The number of ether oxygens (including phenoxy) is 1. The lowest BCUT2D eigenvalue weighted by Gasteiger charge is -2.13. The van der Waals surface area contributed by atoms with Crippen LogP contribution in [-0.4, -0.2) is 29.0 Å². The van der Waals surface area contributed by atoms with Crippen LogP contribution in [0.25, 0.3) is 11.1 Å². The Morgan fingerprint density at radius 2 is 1.57 bits per heavy atom. The van der Waals surface area contributed by atoms with Gasteiger partial charge in [-0.1, -0.05) is 36.4 Å². The van der Waals surface area contributed by atoms with Crippen molar-refractivity contribution in [1.82, 2.24) is 0 Å². The summed E-state index contributed by atoms with van der Waals surface area (Å²) in [4.78, 5) is 0. The summed E-state index contributed by atoms with van der Waals surface area (Å²) in [5.41, 5.74) is 9.67. The number of hydrogen-bond acceptors (Lipinski definition) is 4. The molecule has 2 aromatic rings. The van der Waals surface area contributed by atoms with Crippen molar-refractivity contribution in [1.29, 1.82) is 0 Å². The second-order valence-corrected chi connectivity index (χ2v) is 5.39. The molecule has 0 amide bonds. The van der Waals surface area contributed by atoms with Gasteiger partial charge in [0.2, 0.25) is 0 Å². The van der Waals surface area contributed by atoms with Crippen LogP contribution in [0.4, 0.5) is 5.69 Å². The second-order valence-electron chi connectivity index (χ2n) is 5.39. The first-order chi connectivity index (χ1) is 10.2. The molecule has 4 N–H and O–H groups in total. The summed E-state index contributed by atoms with van der Waals surface area (Å²) in [7, 11) is 0. The Kier molecular flexibility index (Phi) is 3.92. The zero-order chi connectivity index (χ0) is 14.8. The standard InChI is InChI=1S/C17H19NO3/c18-14-7-5-12(6-8-14)11-1-3-13(4-2-11)16-9-15(20)17(10-19)21-16/h1-8,15-17,19-20H,9-10,18H2/t15-,16+,17+/m0/s1. The number of hydrogen-bond donors (Lipinski definition) is 3. The van der Waals surface area contributed by atoms with Gasteiger partial charge in [-0.3, -0.25) is 0 Å². The molecule has 1 aliphatic heterocycles. The molecular weight excluding hydrogens is 266 g/mol. The van der Waals surface area contributed by atoms with E-state index in [0.717, 1.165) is 22.4 Å². The monoisotopic (exact) mass is 285 g/mol. The van der Waals surface area contributed by atoms with E-state index in [2.05, 4.69) is 0 Å². The fourth-order valence-corrected chi connectivity index (χ4v) is 2.67. The molecule has 4 heteroatoms. The Morgan fingerprint density at radius 1 is 1.00 bits per heavy atom. The molecule has 110 valence electrons. The summed E-state index contributed by atoms with van der Waals surface area (Å²) >= 11 is 0. The minimum atomic E-state index is -0.600. The molecule has 0 aromatic heterocycles. The predicted molar refractivity (Wildman–Crippen MR) is 81.6 cm³/mol. The van der Waals surface area contributed by atoms with Crippen LogP contribution in [0.3, 0.4) is 0 Å². The molecule has 0 radical (unpaired) electrons. The molecule has 1 saturated heterocycles. The Balaban J connectivity index is 1.77. The van der Waals surface area contributed by atoms with Gasteiger partial charge in [0.15, 0.2) is 0 Å². The molecule has 0 aliphatic carbocycles. The quantitative estimate of drug-likeness (QED) is 0.755. The van der Waals surface area contributed by atoms with Gasteiger partial charge in [0, 0.05) is 12.1 Å². The molecule has 4 nitrogen and oxygen atoms in total. The maximum absolute atomic E-state index is 9.78. The van der Waals surface area contributed by atoms with E-state index in [9.17, 15) is 5.11 Å². The summed E-state index contributed by atoms with van der Waals surface area (Å²) in [5, 5.41) is 18.9.